The van der Waals surface area contributed by atoms with E-state index in [1.807, 2.05) is 0 Å². The molecule has 1 aliphatic rings. The molecule has 0 aromatic heterocycles. The van der Waals surface area contributed by atoms with Gasteiger partial charge in [-0.25, -0.2) is 0 Å². The smallest absolute Gasteiger partial charge is 0.0594 e. The second-order valence-corrected chi connectivity index (χ2v) is 7.47. The number of nitrogens with zero attached hydrogens (tertiary/aromatic N) is 1. The van der Waals surface area contributed by atoms with Crippen molar-refractivity contribution in [2.75, 3.05) is 45.9 Å². The normalized spacial score (nSPS) is 17.0. The lowest BCUT2D eigenvalue weighted by Crippen LogP contribution is -2.37. The van der Waals surface area contributed by atoms with Crippen LogP contribution in [0.1, 0.15) is 59.8 Å². The first-order valence-electron chi connectivity index (χ1n) is 10.0. The summed E-state index contributed by atoms with van der Waals surface area (Å²) in [5.41, 5.74) is 4.43. The van der Waals surface area contributed by atoms with Gasteiger partial charge in [0.15, 0.2) is 0 Å². The molecule has 1 aliphatic heterocycles. The first-order valence-corrected chi connectivity index (χ1v) is 10.0. The highest BCUT2D eigenvalue weighted by molar-refractivity contribution is 5.05. The van der Waals surface area contributed by atoms with Gasteiger partial charge in [0, 0.05) is 19.6 Å². The first-order chi connectivity index (χ1) is 12.1. The molecule has 0 unspecified atom stereocenters. The zero-order valence-corrected chi connectivity index (χ0v) is 17.1. The molecular formula is C22H40N2O. The van der Waals surface area contributed by atoms with Crippen LogP contribution in [0.25, 0.3) is 0 Å². The quantitative estimate of drug-likeness (QED) is 0.408. The third-order valence-electron chi connectivity index (χ3n) is 4.65. The largest absolute Gasteiger partial charge is 0.379 e. The van der Waals surface area contributed by atoms with Crippen LogP contribution in [0.3, 0.4) is 0 Å². The van der Waals surface area contributed by atoms with Gasteiger partial charge in [-0.15, -0.1) is 0 Å². The number of morpholine rings is 1. The molecule has 0 aromatic rings. The molecule has 144 valence electrons. The van der Waals surface area contributed by atoms with Gasteiger partial charge >= 0.3 is 0 Å². The van der Waals surface area contributed by atoms with Crippen molar-refractivity contribution in [1.29, 1.82) is 0 Å². The van der Waals surface area contributed by atoms with Crippen molar-refractivity contribution in [3.8, 4) is 0 Å². The van der Waals surface area contributed by atoms with Gasteiger partial charge < -0.3 is 10.1 Å². The second-order valence-electron chi connectivity index (χ2n) is 7.47. The highest BCUT2D eigenvalue weighted by Crippen LogP contribution is 2.11. The van der Waals surface area contributed by atoms with E-state index in [2.05, 4.69) is 56.1 Å². The Kier molecular flexibility index (Phi) is 12.7. The average Bonchev–Trinajstić information content (AvgIpc) is 2.58. The van der Waals surface area contributed by atoms with Crippen molar-refractivity contribution in [2.24, 2.45) is 0 Å². The topological polar surface area (TPSA) is 24.5 Å². The number of rotatable bonds is 12. The molecule has 0 bridgehead atoms. The van der Waals surface area contributed by atoms with Gasteiger partial charge in [-0.3, -0.25) is 4.90 Å². The number of nitrogens with one attached hydrogen (secondary N) is 1. The Morgan fingerprint density at radius 2 is 1.56 bits per heavy atom. The summed E-state index contributed by atoms with van der Waals surface area (Å²) in [5.74, 6) is 0. The zero-order chi connectivity index (χ0) is 18.3. The highest BCUT2D eigenvalue weighted by Gasteiger charge is 2.08. The number of allylic oxidation sites excluding steroid dienone is 5. The average molecular weight is 349 g/mol. The van der Waals surface area contributed by atoms with Crippen LogP contribution < -0.4 is 5.32 Å². The van der Waals surface area contributed by atoms with Crippen LogP contribution >= 0.6 is 0 Å². The van der Waals surface area contributed by atoms with E-state index in [0.29, 0.717) is 0 Å². The summed E-state index contributed by atoms with van der Waals surface area (Å²) in [5, 5.41) is 3.54. The molecule has 1 saturated heterocycles. The number of ether oxygens (including phenoxy) is 1. The van der Waals surface area contributed by atoms with Gasteiger partial charge in [-0.05, 0) is 72.9 Å². The SMILES string of the molecule is CC(C)=CCC/C(C)=C\CCC(C)=CCNCCCN1CCOCC1. The van der Waals surface area contributed by atoms with E-state index >= 15 is 0 Å². The van der Waals surface area contributed by atoms with E-state index < -0.39 is 0 Å². The van der Waals surface area contributed by atoms with Crippen LogP contribution in [-0.4, -0.2) is 50.8 Å². The minimum Gasteiger partial charge on any atom is -0.379 e. The zero-order valence-electron chi connectivity index (χ0n) is 17.1. The summed E-state index contributed by atoms with van der Waals surface area (Å²) in [7, 11) is 0. The summed E-state index contributed by atoms with van der Waals surface area (Å²) in [6, 6.07) is 0. The van der Waals surface area contributed by atoms with Gasteiger partial charge in [0.05, 0.1) is 13.2 Å². The first kappa shape index (κ1) is 22.1. The minimum atomic E-state index is 0.901. The molecular weight excluding hydrogens is 308 g/mol. The van der Waals surface area contributed by atoms with Crippen LogP contribution in [0.15, 0.2) is 34.9 Å². The summed E-state index contributed by atoms with van der Waals surface area (Å²) in [4.78, 5) is 2.50. The Hall–Kier alpha value is -0.900. The van der Waals surface area contributed by atoms with Crippen LogP contribution in [0.4, 0.5) is 0 Å². The summed E-state index contributed by atoms with van der Waals surface area (Å²) < 4.78 is 5.37. The molecule has 0 amide bonds. The maximum absolute atomic E-state index is 5.37. The molecule has 0 saturated carbocycles. The van der Waals surface area contributed by atoms with Crippen LogP contribution in [0, 0.1) is 0 Å². The molecule has 1 fully saturated rings. The van der Waals surface area contributed by atoms with E-state index in [1.54, 1.807) is 0 Å². The predicted octanol–water partition coefficient (Wildman–Crippen LogP) is 4.72. The van der Waals surface area contributed by atoms with E-state index in [0.717, 1.165) is 39.4 Å². The lowest BCUT2D eigenvalue weighted by atomic mass is 10.1. The number of hydrogen-bond donors (Lipinski definition) is 1. The van der Waals surface area contributed by atoms with Crippen molar-refractivity contribution in [3.05, 3.63) is 34.9 Å². The summed E-state index contributed by atoms with van der Waals surface area (Å²) in [6.07, 6.45) is 13.0. The molecule has 1 rings (SSSR count). The van der Waals surface area contributed by atoms with Gasteiger partial charge in [0.1, 0.15) is 0 Å². The highest BCUT2D eigenvalue weighted by atomic mass is 16.5. The van der Waals surface area contributed by atoms with Gasteiger partial charge in [-0.2, -0.15) is 0 Å². The molecule has 0 aliphatic carbocycles. The Bertz CT molecular complexity index is 427. The molecule has 3 heteroatoms. The van der Waals surface area contributed by atoms with Gasteiger partial charge in [-0.1, -0.05) is 34.9 Å². The van der Waals surface area contributed by atoms with E-state index in [1.165, 1.54) is 55.4 Å². The molecule has 0 spiro atoms. The predicted molar refractivity (Wildman–Crippen MR) is 110 cm³/mol. The van der Waals surface area contributed by atoms with Crippen LogP contribution in [0.5, 0.6) is 0 Å². The minimum absolute atomic E-state index is 0.901. The molecule has 0 radical (unpaired) electrons. The van der Waals surface area contributed by atoms with Crippen molar-refractivity contribution in [2.45, 2.75) is 59.8 Å². The summed E-state index contributed by atoms with van der Waals surface area (Å²) in [6.45, 7) is 16.1. The van der Waals surface area contributed by atoms with Crippen molar-refractivity contribution in [3.63, 3.8) is 0 Å². The monoisotopic (exact) mass is 348 g/mol. The Morgan fingerprint density at radius 3 is 2.24 bits per heavy atom. The lowest BCUT2D eigenvalue weighted by Gasteiger charge is -2.26. The molecule has 1 N–H and O–H groups in total. The van der Waals surface area contributed by atoms with Crippen LogP contribution in [0.2, 0.25) is 0 Å². The lowest BCUT2D eigenvalue weighted by molar-refractivity contribution is 0.0375. The second kappa shape index (κ2) is 14.3. The third-order valence-corrected chi connectivity index (χ3v) is 4.65. The fourth-order valence-electron chi connectivity index (χ4n) is 2.94. The Labute approximate surface area is 156 Å². The molecule has 3 nitrogen and oxygen atoms in total. The third kappa shape index (κ3) is 13.0. The molecule has 25 heavy (non-hydrogen) atoms. The van der Waals surface area contributed by atoms with Gasteiger partial charge in [0.2, 0.25) is 0 Å². The Balaban J connectivity index is 2.02. The number of hydrogen-bond acceptors (Lipinski definition) is 3. The van der Waals surface area contributed by atoms with E-state index in [4.69, 9.17) is 4.74 Å². The van der Waals surface area contributed by atoms with E-state index in [-0.39, 0.29) is 0 Å². The maximum Gasteiger partial charge on any atom is 0.0594 e. The van der Waals surface area contributed by atoms with Gasteiger partial charge in [0.25, 0.3) is 0 Å². The fourth-order valence-corrected chi connectivity index (χ4v) is 2.94. The Morgan fingerprint density at radius 1 is 0.920 bits per heavy atom. The molecule has 0 aromatic carbocycles. The van der Waals surface area contributed by atoms with Crippen molar-refractivity contribution in [1.82, 2.24) is 10.2 Å². The molecule has 0 atom stereocenters. The van der Waals surface area contributed by atoms with E-state index in [9.17, 15) is 0 Å². The fraction of sp³-hybridized carbons (Fsp3) is 0.727. The van der Waals surface area contributed by atoms with Crippen molar-refractivity contribution < 1.29 is 4.74 Å². The molecule has 1 heterocycles. The summed E-state index contributed by atoms with van der Waals surface area (Å²) >= 11 is 0. The maximum atomic E-state index is 5.37. The standard InChI is InChI=1S/C22H40N2O/c1-20(2)8-5-9-21(3)10-6-11-22(4)12-14-23-13-7-15-24-16-18-25-19-17-24/h8,10,12,23H,5-7,9,11,13-19H2,1-4H3/b21-10-,22-12?. The van der Waals surface area contributed by atoms with Crippen molar-refractivity contribution >= 4 is 0 Å². The van der Waals surface area contributed by atoms with Crippen LogP contribution in [-0.2, 0) is 4.74 Å².